The normalized spacial score (nSPS) is 27.7. The highest BCUT2D eigenvalue weighted by atomic mass is 16.6. The number of hydrogen-bond acceptors (Lipinski definition) is 5. The number of fused-ring (bicyclic) bond motifs is 2. The largest absolute Gasteiger partial charge is 0.497 e. The van der Waals surface area contributed by atoms with Gasteiger partial charge in [-0.15, -0.1) is 6.58 Å². The van der Waals surface area contributed by atoms with E-state index in [9.17, 15) is 9.59 Å². The first-order valence-electron chi connectivity index (χ1n) is 11.0. The van der Waals surface area contributed by atoms with Crippen LogP contribution in [0.1, 0.15) is 42.6 Å². The Morgan fingerprint density at radius 1 is 1.09 bits per heavy atom. The quantitative estimate of drug-likeness (QED) is 0.253. The lowest BCUT2D eigenvalue weighted by Crippen LogP contribution is -2.45. The van der Waals surface area contributed by atoms with Crippen molar-refractivity contribution in [3.05, 3.63) is 78.4 Å². The second kappa shape index (κ2) is 8.55. The fourth-order valence-electron chi connectivity index (χ4n) is 5.66. The van der Waals surface area contributed by atoms with E-state index in [1.54, 1.807) is 37.4 Å². The molecule has 0 aliphatic heterocycles. The molecule has 0 N–H and O–H groups in total. The number of ether oxygens (including phenoxy) is 3. The molecule has 0 aromatic heterocycles. The number of hydrogen-bond donors (Lipinski definition) is 0. The van der Waals surface area contributed by atoms with Crippen molar-refractivity contribution in [2.45, 2.75) is 45.5 Å². The lowest BCUT2D eigenvalue weighted by atomic mass is 9.68. The summed E-state index contributed by atoms with van der Waals surface area (Å²) in [5.41, 5.74) is 0.724. The molecule has 2 aliphatic rings. The molecule has 0 saturated heterocycles. The number of methoxy groups -OCH3 is 1. The minimum atomic E-state index is -0.844. The Labute approximate surface area is 189 Å². The summed E-state index contributed by atoms with van der Waals surface area (Å²) >= 11 is 0. The van der Waals surface area contributed by atoms with Crippen LogP contribution in [0.3, 0.4) is 0 Å². The van der Waals surface area contributed by atoms with Gasteiger partial charge in [0, 0.05) is 11.0 Å². The highest BCUT2D eigenvalue weighted by Gasteiger charge is 2.69. The van der Waals surface area contributed by atoms with Crippen molar-refractivity contribution in [1.29, 1.82) is 0 Å². The fourth-order valence-corrected chi connectivity index (χ4v) is 5.66. The lowest BCUT2D eigenvalue weighted by Gasteiger charge is -2.39. The van der Waals surface area contributed by atoms with Crippen molar-refractivity contribution in [2.24, 2.45) is 16.7 Å². The summed E-state index contributed by atoms with van der Waals surface area (Å²) in [4.78, 5) is 25.5. The number of Topliss-reactive ketones (excluding diaryl/α,β-unsaturated/α-hetero) is 1. The van der Waals surface area contributed by atoms with Gasteiger partial charge in [-0.05, 0) is 41.9 Å². The Bertz CT molecular complexity index is 994. The van der Waals surface area contributed by atoms with Crippen LogP contribution in [0.4, 0.5) is 0 Å². The maximum atomic E-state index is 12.9. The fraction of sp³-hybridized carbons (Fsp3) is 0.407. The number of rotatable bonds is 8. The van der Waals surface area contributed by atoms with Crippen LogP contribution in [-0.2, 0) is 20.9 Å². The van der Waals surface area contributed by atoms with E-state index in [0.717, 1.165) is 24.2 Å². The maximum absolute atomic E-state index is 12.9. The van der Waals surface area contributed by atoms with Crippen molar-refractivity contribution in [2.75, 3.05) is 7.11 Å². The first kappa shape index (κ1) is 22.3. The summed E-state index contributed by atoms with van der Waals surface area (Å²) in [7, 11) is 1.63. The summed E-state index contributed by atoms with van der Waals surface area (Å²) in [6.07, 6.45) is 2.86. The molecular weight excluding hydrogens is 404 g/mol. The molecule has 2 aromatic rings. The number of ketones is 1. The van der Waals surface area contributed by atoms with E-state index in [4.69, 9.17) is 14.2 Å². The third-order valence-corrected chi connectivity index (χ3v) is 7.62. The van der Waals surface area contributed by atoms with Crippen molar-refractivity contribution in [1.82, 2.24) is 0 Å². The molecule has 0 unspecified atom stereocenters. The van der Waals surface area contributed by atoms with Gasteiger partial charge in [0.25, 0.3) is 5.78 Å². The van der Waals surface area contributed by atoms with Crippen LogP contribution in [0.15, 0.2) is 67.3 Å². The van der Waals surface area contributed by atoms with Crippen molar-refractivity contribution < 1.29 is 23.8 Å². The third-order valence-electron chi connectivity index (χ3n) is 7.62. The molecule has 2 bridgehead atoms. The molecule has 168 valence electrons. The van der Waals surface area contributed by atoms with Crippen LogP contribution in [0.5, 0.6) is 5.75 Å². The van der Waals surface area contributed by atoms with Crippen molar-refractivity contribution in [3.63, 3.8) is 0 Å². The van der Waals surface area contributed by atoms with E-state index in [1.807, 2.05) is 30.3 Å². The van der Waals surface area contributed by atoms with Gasteiger partial charge in [-0.2, -0.15) is 0 Å². The van der Waals surface area contributed by atoms with Gasteiger partial charge in [0.1, 0.15) is 11.9 Å². The number of benzene rings is 2. The zero-order valence-electron chi connectivity index (χ0n) is 18.9. The molecular formula is C27H30O5. The minimum Gasteiger partial charge on any atom is -0.497 e. The summed E-state index contributed by atoms with van der Waals surface area (Å²) in [6.45, 7) is 8.85. The number of carbonyl (C=O) groups is 2. The summed E-state index contributed by atoms with van der Waals surface area (Å²) < 4.78 is 17.5. The molecule has 2 aromatic carbocycles. The van der Waals surface area contributed by atoms with Crippen molar-refractivity contribution in [3.8, 4) is 5.75 Å². The summed E-state index contributed by atoms with van der Waals surface area (Å²) in [5, 5.41) is 0. The smallest absolute Gasteiger partial charge is 0.380 e. The van der Waals surface area contributed by atoms with Gasteiger partial charge in [-0.25, -0.2) is 4.79 Å². The maximum Gasteiger partial charge on any atom is 0.380 e. The lowest BCUT2D eigenvalue weighted by molar-refractivity contribution is -0.162. The van der Waals surface area contributed by atoms with Crippen LogP contribution in [0.2, 0.25) is 0 Å². The van der Waals surface area contributed by atoms with E-state index < -0.39 is 23.3 Å². The molecule has 32 heavy (non-hydrogen) atoms. The molecule has 2 fully saturated rings. The van der Waals surface area contributed by atoms with Crippen LogP contribution in [0.25, 0.3) is 0 Å². The van der Waals surface area contributed by atoms with E-state index >= 15 is 0 Å². The molecule has 0 radical (unpaired) electrons. The van der Waals surface area contributed by atoms with Crippen LogP contribution < -0.4 is 4.74 Å². The summed E-state index contributed by atoms with van der Waals surface area (Å²) in [5.74, 6) is -0.502. The minimum absolute atomic E-state index is 0.167. The molecule has 5 nitrogen and oxygen atoms in total. The Morgan fingerprint density at radius 3 is 2.41 bits per heavy atom. The van der Waals surface area contributed by atoms with Crippen molar-refractivity contribution >= 4 is 11.8 Å². The van der Waals surface area contributed by atoms with Gasteiger partial charge in [0.15, 0.2) is 0 Å². The van der Waals surface area contributed by atoms with Gasteiger partial charge in [0.05, 0.1) is 19.8 Å². The van der Waals surface area contributed by atoms with E-state index in [-0.39, 0.29) is 17.4 Å². The highest BCUT2D eigenvalue weighted by molar-refractivity contribution is 6.40. The average Bonchev–Trinajstić information content (AvgIpc) is 3.18. The van der Waals surface area contributed by atoms with E-state index in [2.05, 4.69) is 20.4 Å². The summed E-state index contributed by atoms with van der Waals surface area (Å²) in [6, 6.07) is 16.2. The average molecular weight is 435 g/mol. The SMILES string of the molecule is C=C[C@@]12CC[C@@H]([C@@H](OCc3ccc(OC)cc3)[C@@H]1OC(=O)C(=O)c1ccccc1)C2(C)C. The van der Waals surface area contributed by atoms with E-state index in [1.165, 1.54) is 0 Å². The predicted molar refractivity (Wildman–Crippen MR) is 121 cm³/mol. The van der Waals surface area contributed by atoms with Gasteiger partial charge in [0.2, 0.25) is 0 Å². The molecule has 2 aliphatic carbocycles. The first-order valence-corrected chi connectivity index (χ1v) is 11.0. The topological polar surface area (TPSA) is 61.8 Å². The van der Waals surface area contributed by atoms with Gasteiger partial charge in [-0.1, -0.05) is 62.4 Å². The molecule has 0 spiro atoms. The van der Waals surface area contributed by atoms with E-state index in [0.29, 0.717) is 12.2 Å². The van der Waals surface area contributed by atoms with Gasteiger partial charge < -0.3 is 14.2 Å². The zero-order chi connectivity index (χ0) is 22.9. The molecule has 4 rings (SSSR count). The predicted octanol–water partition coefficient (Wildman–Crippen LogP) is 5.00. The first-order chi connectivity index (χ1) is 15.3. The second-order valence-electron chi connectivity index (χ2n) is 9.26. The Morgan fingerprint density at radius 2 is 1.78 bits per heavy atom. The monoisotopic (exact) mass is 434 g/mol. The molecule has 5 heteroatoms. The molecule has 0 heterocycles. The number of carbonyl (C=O) groups excluding carboxylic acids is 2. The van der Waals surface area contributed by atoms with Gasteiger partial charge in [-0.3, -0.25) is 4.79 Å². The molecule has 2 saturated carbocycles. The standard InChI is InChI=1S/C27H30O5/c1-5-27-16-15-21(26(27,2)3)23(31-17-18-11-13-20(30-4)14-12-18)24(27)32-25(29)22(28)19-9-7-6-8-10-19/h5-14,21,23-24H,1,15-17H2,2-4H3/t21-,23+,24-,27+/m0/s1. The zero-order valence-corrected chi connectivity index (χ0v) is 18.9. The van der Waals surface area contributed by atoms with Crippen LogP contribution in [-0.4, -0.2) is 31.1 Å². The molecule has 4 atom stereocenters. The third kappa shape index (κ3) is 3.55. The van der Waals surface area contributed by atoms with Crippen LogP contribution >= 0.6 is 0 Å². The number of esters is 1. The highest BCUT2D eigenvalue weighted by Crippen LogP contribution is 2.67. The Balaban J connectivity index is 1.57. The Hall–Kier alpha value is -2.92. The second-order valence-corrected chi connectivity index (χ2v) is 9.26. The van der Waals surface area contributed by atoms with Gasteiger partial charge >= 0.3 is 5.97 Å². The molecule has 0 amide bonds. The van der Waals surface area contributed by atoms with Crippen LogP contribution in [0, 0.1) is 16.7 Å². The Kier molecular flexibility index (Phi) is 5.95.